The zero-order chi connectivity index (χ0) is 19.9. The summed E-state index contributed by atoms with van der Waals surface area (Å²) >= 11 is 0. The van der Waals surface area contributed by atoms with E-state index < -0.39 is 0 Å². The third-order valence-electron chi connectivity index (χ3n) is 3.41. The van der Waals surface area contributed by atoms with Gasteiger partial charge < -0.3 is 20.1 Å². The number of hydrogen-bond donors (Lipinski definition) is 3. The lowest BCUT2D eigenvalue weighted by Crippen LogP contribution is -2.07. The van der Waals surface area contributed by atoms with E-state index in [1.165, 1.54) is 5.56 Å². The summed E-state index contributed by atoms with van der Waals surface area (Å²) in [6, 6.07) is 22.7. The van der Waals surface area contributed by atoms with E-state index in [4.69, 9.17) is 20.1 Å². The second kappa shape index (κ2) is 13.1. The fraction of sp³-hybridized carbons (Fsp3) is 0.217. The predicted molar refractivity (Wildman–Crippen MR) is 109 cm³/mol. The van der Waals surface area contributed by atoms with Crippen LogP contribution < -0.4 is 4.74 Å². The normalized spacial score (nSPS) is 10.9. The molecule has 1 heterocycles. The van der Waals surface area contributed by atoms with Crippen LogP contribution in [0.2, 0.25) is 0 Å². The summed E-state index contributed by atoms with van der Waals surface area (Å²) in [6.07, 6.45) is 2.15. The maximum Gasteiger partial charge on any atom is 0.126 e. The molecule has 0 spiro atoms. The van der Waals surface area contributed by atoms with Crippen molar-refractivity contribution in [3.8, 4) is 23.0 Å². The highest BCUT2D eigenvalue weighted by atomic mass is 16.5. The van der Waals surface area contributed by atoms with E-state index in [0.29, 0.717) is 11.5 Å². The minimum absolute atomic E-state index is 0.283. The number of aromatic hydroxyl groups is 3. The van der Waals surface area contributed by atoms with Crippen molar-refractivity contribution >= 4 is 0 Å². The van der Waals surface area contributed by atoms with E-state index >= 15 is 0 Å². The maximum absolute atomic E-state index is 9.11. The van der Waals surface area contributed by atoms with Gasteiger partial charge in [0.15, 0.2) is 0 Å². The van der Waals surface area contributed by atoms with Gasteiger partial charge >= 0.3 is 0 Å². The predicted octanol–water partition coefficient (Wildman–Crippen LogP) is 5.53. The van der Waals surface area contributed by atoms with Crippen LogP contribution in [0.1, 0.15) is 25.8 Å². The second-order valence-electron chi connectivity index (χ2n) is 5.42. The minimum Gasteiger partial charge on any atom is -0.508 e. The van der Waals surface area contributed by atoms with Gasteiger partial charge in [0.2, 0.25) is 0 Å². The van der Waals surface area contributed by atoms with Crippen LogP contribution in [-0.2, 0) is 6.42 Å². The molecule has 0 saturated carbocycles. The molecule has 4 rings (SSSR count). The Kier molecular flexibility index (Phi) is 10.6. The first-order chi connectivity index (χ1) is 13.1. The average Bonchev–Trinajstić information content (AvgIpc) is 2.71. The number of hydrogen-bond acceptors (Lipinski definition) is 4. The molecule has 0 unspecified atom stereocenters. The molecule has 0 aromatic heterocycles. The Balaban J connectivity index is 0.000000201. The topological polar surface area (TPSA) is 69.9 Å². The molecule has 3 N–H and O–H groups in total. The molecule has 1 aliphatic heterocycles. The quantitative estimate of drug-likeness (QED) is 0.488. The zero-order valence-electron chi connectivity index (χ0n) is 15.9. The summed E-state index contributed by atoms with van der Waals surface area (Å²) < 4.78 is 5.34. The molecule has 0 radical (unpaired) electrons. The minimum atomic E-state index is 0.283. The first kappa shape index (κ1) is 21.9. The molecule has 1 aliphatic rings. The third-order valence-corrected chi connectivity index (χ3v) is 3.41. The molecule has 4 nitrogen and oxygen atoms in total. The van der Waals surface area contributed by atoms with Crippen LogP contribution in [0, 0.1) is 0 Å². The number of fused-ring (bicyclic) bond motifs is 1. The molecule has 0 aliphatic carbocycles. The highest BCUT2D eigenvalue weighted by Gasteiger charge is 2.09. The Morgan fingerprint density at radius 2 is 1.19 bits per heavy atom. The molecule has 0 amide bonds. The Morgan fingerprint density at radius 3 is 1.63 bits per heavy atom. The summed E-state index contributed by atoms with van der Waals surface area (Å²) in [7, 11) is 0. The largest absolute Gasteiger partial charge is 0.508 e. The van der Waals surface area contributed by atoms with Gasteiger partial charge in [-0.25, -0.2) is 0 Å². The van der Waals surface area contributed by atoms with E-state index in [0.717, 1.165) is 25.2 Å². The molecule has 0 saturated heterocycles. The van der Waals surface area contributed by atoms with E-state index in [-0.39, 0.29) is 5.75 Å². The van der Waals surface area contributed by atoms with Gasteiger partial charge in [-0.1, -0.05) is 56.3 Å². The summed E-state index contributed by atoms with van der Waals surface area (Å²) in [6.45, 7) is 4.77. The van der Waals surface area contributed by atoms with Crippen LogP contribution in [0.5, 0.6) is 23.0 Å². The number of phenols is 3. The molecule has 0 fully saturated rings. The fourth-order valence-corrected chi connectivity index (χ4v) is 2.18. The van der Waals surface area contributed by atoms with Crippen LogP contribution in [-0.4, -0.2) is 21.9 Å². The molecule has 27 heavy (non-hydrogen) atoms. The number of para-hydroxylation sites is 2. The molecule has 4 heteroatoms. The van der Waals surface area contributed by atoms with Crippen molar-refractivity contribution in [2.45, 2.75) is 26.7 Å². The summed E-state index contributed by atoms with van der Waals surface area (Å²) in [5.41, 5.74) is 1.20. The van der Waals surface area contributed by atoms with Crippen molar-refractivity contribution in [3.05, 3.63) is 84.4 Å². The van der Waals surface area contributed by atoms with E-state index in [1.54, 1.807) is 60.7 Å². The molecule has 0 atom stereocenters. The molecule has 3 aromatic carbocycles. The van der Waals surface area contributed by atoms with Gasteiger partial charge in [0.1, 0.15) is 23.0 Å². The van der Waals surface area contributed by atoms with Crippen LogP contribution in [0.3, 0.4) is 0 Å². The summed E-state index contributed by atoms with van der Waals surface area (Å²) in [5, 5.41) is 26.4. The van der Waals surface area contributed by atoms with Crippen molar-refractivity contribution in [3.63, 3.8) is 0 Å². The zero-order valence-corrected chi connectivity index (χ0v) is 15.9. The third kappa shape index (κ3) is 9.21. The van der Waals surface area contributed by atoms with Crippen LogP contribution >= 0.6 is 0 Å². The number of phenolic OH excluding ortho intramolecular Hbond substituents is 3. The van der Waals surface area contributed by atoms with Gasteiger partial charge in [-0.05, 0) is 48.7 Å². The van der Waals surface area contributed by atoms with Crippen LogP contribution in [0.25, 0.3) is 0 Å². The lowest BCUT2D eigenvalue weighted by molar-refractivity contribution is 0.286. The van der Waals surface area contributed by atoms with Crippen LogP contribution in [0.15, 0.2) is 78.9 Å². The molecular weight excluding hydrogens is 340 g/mol. The summed E-state index contributed by atoms with van der Waals surface area (Å²) in [5.74, 6) is 1.77. The number of benzene rings is 3. The van der Waals surface area contributed by atoms with Crippen molar-refractivity contribution < 1.29 is 20.1 Å². The first-order valence-corrected chi connectivity index (χ1v) is 9.08. The summed E-state index contributed by atoms with van der Waals surface area (Å²) in [4.78, 5) is 0. The maximum atomic E-state index is 9.11. The Labute approximate surface area is 161 Å². The van der Waals surface area contributed by atoms with E-state index in [9.17, 15) is 0 Å². The standard InChI is InChI=1S/C9H10O2.2C6H6O.C2H6/c10-8-4-3-7-2-1-5-11-9(7)6-8;2*7-6-4-2-1-3-5-6;1-2/h3-4,6,10H,1-2,5H2;2*1-5,7H;1-2H3. The first-order valence-electron chi connectivity index (χ1n) is 9.08. The SMILES string of the molecule is CC.Oc1ccc2c(c1)OCCC2.Oc1ccccc1.Oc1ccccc1. The number of rotatable bonds is 0. The highest BCUT2D eigenvalue weighted by Crippen LogP contribution is 2.27. The van der Waals surface area contributed by atoms with Gasteiger partial charge in [-0.3, -0.25) is 0 Å². The van der Waals surface area contributed by atoms with E-state index in [1.807, 2.05) is 32.0 Å². The molecule has 144 valence electrons. The van der Waals surface area contributed by atoms with Crippen molar-refractivity contribution in [1.29, 1.82) is 0 Å². The van der Waals surface area contributed by atoms with Gasteiger partial charge in [0.05, 0.1) is 6.61 Å². The molecule has 3 aromatic rings. The Hall–Kier alpha value is -3.14. The van der Waals surface area contributed by atoms with Gasteiger partial charge in [0.25, 0.3) is 0 Å². The lowest BCUT2D eigenvalue weighted by Gasteiger charge is -2.16. The Morgan fingerprint density at radius 1 is 0.667 bits per heavy atom. The second-order valence-corrected chi connectivity index (χ2v) is 5.42. The smallest absolute Gasteiger partial charge is 0.126 e. The van der Waals surface area contributed by atoms with Gasteiger partial charge in [0, 0.05) is 6.07 Å². The number of ether oxygens (including phenoxy) is 1. The fourth-order valence-electron chi connectivity index (χ4n) is 2.18. The monoisotopic (exact) mass is 368 g/mol. The van der Waals surface area contributed by atoms with Gasteiger partial charge in [-0.15, -0.1) is 0 Å². The lowest BCUT2D eigenvalue weighted by atomic mass is 10.1. The van der Waals surface area contributed by atoms with Crippen LogP contribution in [0.4, 0.5) is 0 Å². The van der Waals surface area contributed by atoms with Gasteiger partial charge in [-0.2, -0.15) is 0 Å². The number of aryl methyl sites for hydroxylation is 1. The Bertz CT molecular complexity index is 705. The van der Waals surface area contributed by atoms with Crippen molar-refractivity contribution in [2.75, 3.05) is 6.61 Å². The van der Waals surface area contributed by atoms with Crippen molar-refractivity contribution in [1.82, 2.24) is 0 Å². The highest BCUT2D eigenvalue weighted by molar-refractivity contribution is 5.40. The molecular formula is C23H28O4. The van der Waals surface area contributed by atoms with Crippen molar-refractivity contribution in [2.24, 2.45) is 0 Å². The molecule has 0 bridgehead atoms. The van der Waals surface area contributed by atoms with E-state index in [2.05, 4.69) is 0 Å². The average molecular weight is 368 g/mol.